The lowest BCUT2D eigenvalue weighted by Gasteiger charge is -2.15. The van der Waals surface area contributed by atoms with Gasteiger partial charge in [0, 0.05) is 18.7 Å². The van der Waals surface area contributed by atoms with E-state index in [2.05, 4.69) is 6.07 Å². The van der Waals surface area contributed by atoms with E-state index in [1.165, 1.54) is 0 Å². The van der Waals surface area contributed by atoms with Gasteiger partial charge in [0.2, 0.25) is 0 Å². The van der Waals surface area contributed by atoms with Crippen molar-refractivity contribution in [3.63, 3.8) is 0 Å². The summed E-state index contributed by atoms with van der Waals surface area (Å²) in [4.78, 5) is 14.4. The highest BCUT2D eigenvalue weighted by Crippen LogP contribution is 2.31. The van der Waals surface area contributed by atoms with E-state index in [-0.39, 0.29) is 11.5 Å². The summed E-state index contributed by atoms with van der Waals surface area (Å²) in [5, 5.41) is 11.6. The smallest absolute Gasteiger partial charge is 0.264 e. The van der Waals surface area contributed by atoms with Crippen molar-refractivity contribution in [2.75, 3.05) is 19.7 Å². The lowest BCUT2D eigenvalue weighted by Crippen LogP contribution is -2.28. The van der Waals surface area contributed by atoms with E-state index in [4.69, 9.17) is 4.74 Å². The fourth-order valence-electron chi connectivity index (χ4n) is 3.14. The van der Waals surface area contributed by atoms with Gasteiger partial charge in [0.1, 0.15) is 17.4 Å². The SMILES string of the molecule is CCCOc1ccc2ccccc2c1/C=C(\C#N)C(=O)N1CCCC1. The Balaban J connectivity index is 2.07. The van der Waals surface area contributed by atoms with Gasteiger partial charge in [-0.2, -0.15) is 5.26 Å². The number of nitrogens with zero attached hydrogens (tertiary/aromatic N) is 2. The summed E-state index contributed by atoms with van der Waals surface area (Å²) in [7, 11) is 0. The maximum atomic E-state index is 12.6. The Morgan fingerprint density at radius 2 is 2.00 bits per heavy atom. The van der Waals surface area contributed by atoms with E-state index in [0.29, 0.717) is 12.4 Å². The molecule has 1 aliphatic rings. The summed E-state index contributed by atoms with van der Waals surface area (Å²) >= 11 is 0. The Morgan fingerprint density at radius 1 is 1.24 bits per heavy atom. The minimum Gasteiger partial charge on any atom is -0.493 e. The quantitative estimate of drug-likeness (QED) is 0.609. The van der Waals surface area contributed by atoms with Gasteiger partial charge in [-0.05, 0) is 42.2 Å². The summed E-state index contributed by atoms with van der Waals surface area (Å²) in [5.41, 5.74) is 0.968. The number of hydrogen-bond acceptors (Lipinski definition) is 3. The number of benzene rings is 2. The first-order valence-electron chi connectivity index (χ1n) is 8.80. The Labute approximate surface area is 148 Å². The summed E-state index contributed by atoms with van der Waals surface area (Å²) in [6.45, 7) is 4.11. The molecule has 0 N–H and O–H groups in total. The first-order chi connectivity index (χ1) is 12.2. The van der Waals surface area contributed by atoms with Gasteiger partial charge < -0.3 is 9.64 Å². The van der Waals surface area contributed by atoms with Gasteiger partial charge in [-0.3, -0.25) is 4.79 Å². The number of fused-ring (bicyclic) bond motifs is 1. The molecule has 4 nitrogen and oxygen atoms in total. The average Bonchev–Trinajstić information content (AvgIpc) is 3.19. The van der Waals surface area contributed by atoms with Crippen molar-refractivity contribution < 1.29 is 9.53 Å². The number of rotatable bonds is 5. The number of nitriles is 1. The summed E-state index contributed by atoms with van der Waals surface area (Å²) in [6, 6.07) is 14.0. The van der Waals surface area contributed by atoms with Gasteiger partial charge in [0.15, 0.2) is 0 Å². The molecule has 2 aromatic carbocycles. The third-order valence-corrected chi connectivity index (χ3v) is 4.43. The molecular weight excluding hydrogens is 312 g/mol. The Hall–Kier alpha value is -2.80. The molecule has 1 saturated heterocycles. The van der Waals surface area contributed by atoms with Crippen molar-refractivity contribution in [2.45, 2.75) is 26.2 Å². The summed E-state index contributed by atoms with van der Waals surface area (Å²) in [5.74, 6) is 0.525. The van der Waals surface area contributed by atoms with Crippen LogP contribution >= 0.6 is 0 Å². The Bertz CT molecular complexity index is 843. The van der Waals surface area contributed by atoms with Crippen molar-refractivity contribution in [1.82, 2.24) is 4.90 Å². The van der Waals surface area contributed by atoms with Crippen LogP contribution in [0.5, 0.6) is 5.75 Å². The van der Waals surface area contributed by atoms with E-state index in [1.54, 1.807) is 11.0 Å². The second-order valence-electron chi connectivity index (χ2n) is 6.22. The highest BCUT2D eigenvalue weighted by Gasteiger charge is 2.22. The monoisotopic (exact) mass is 334 g/mol. The highest BCUT2D eigenvalue weighted by molar-refractivity contribution is 6.05. The fourth-order valence-corrected chi connectivity index (χ4v) is 3.14. The zero-order valence-corrected chi connectivity index (χ0v) is 14.5. The highest BCUT2D eigenvalue weighted by atomic mass is 16.5. The van der Waals surface area contributed by atoms with E-state index < -0.39 is 0 Å². The van der Waals surface area contributed by atoms with Gasteiger partial charge in [0.25, 0.3) is 5.91 Å². The molecule has 1 fully saturated rings. The van der Waals surface area contributed by atoms with Crippen LogP contribution in [0.4, 0.5) is 0 Å². The van der Waals surface area contributed by atoms with Crippen LogP contribution in [0, 0.1) is 11.3 Å². The number of ether oxygens (including phenoxy) is 1. The third kappa shape index (κ3) is 3.66. The number of carbonyl (C=O) groups excluding carboxylic acids is 1. The molecule has 128 valence electrons. The van der Waals surface area contributed by atoms with Gasteiger partial charge in [-0.25, -0.2) is 0 Å². The number of carbonyl (C=O) groups is 1. The molecular formula is C21H22N2O2. The normalized spacial score (nSPS) is 14.6. The summed E-state index contributed by atoms with van der Waals surface area (Å²) in [6.07, 6.45) is 4.59. The van der Waals surface area contributed by atoms with Gasteiger partial charge in [-0.15, -0.1) is 0 Å². The van der Waals surface area contributed by atoms with Crippen molar-refractivity contribution in [1.29, 1.82) is 5.26 Å². The van der Waals surface area contributed by atoms with E-state index in [1.807, 2.05) is 43.3 Å². The molecule has 0 unspecified atom stereocenters. The predicted molar refractivity (Wildman–Crippen MR) is 99.1 cm³/mol. The van der Waals surface area contributed by atoms with Crippen molar-refractivity contribution >= 4 is 22.8 Å². The molecule has 25 heavy (non-hydrogen) atoms. The molecule has 0 atom stereocenters. The standard InChI is InChI=1S/C21H22N2O2/c1-2-13-25-20-10-9-16-7-3-4-8-18(16)19(20)14-17(15-22)21(24)23-11-5-6-12-23/h3-4,7-10,14H,2,5-6,11-13H2,1H3/b17-14+. The van der Waals surface area contributed by atoms with Crippen LogP contribution in [0.3, 0.4) is 0 Å². The Kier molecular flexibility index (Phi) is 5.35. The molecule has 0 aliphatic carbocycles. The van der Waals surface area contributed by atoms with Gasteiger partial charge in [0.05, 0.1) is 6.61 Å². The molecule has 2 aromatic rings. The summed E-state index contributed by atoms with van der Waals surface area (Å²) < 4.78 is 5.87. The maximum Gasteiger partial charge on any atom is 0.264 e. The van der Waals surface area contributed by atoms with E-state index in [0.717, 1.165) is 48.7 Å². The first kappa shape index (κ1) is 17.0. The van der Waals surface area contributed by atoms with Gasteiger partial charge in [-0.1, -0.05) is 37.3 Å². The molecule has 1 amide bonds. The maximum absolute atomic E-state index is 12.6. The third-order valence-electron chi connectivity index (χ3n) is 4.43. The molecule has 4 heteroatoms. The molecule has 1 heterocycles. The van der Waals surface area contributed by atoms with Crippen LogP contribution in [0.15, 0.2) is 42.0 Å². The molecule has 0 bridgehead atoms. The first-order valence-corrected chi connectivity index (χ1v) is 8.80. The minimum atomic E-state index is -0.186. The molecule has 0 aromatic heterocycles. The molecule has 0 radical (unpaired) electrons. The van der Waals surface area contributed by atoms with Crippen LogP contribution in [-0.4, -0.2) is 30.5 Å². The van der Waals surface area contributed by atoms with Crippen molar-refractivity contribution in [3.05, 3.63) is 47.5 Å². The molecule has 1 aliphatic heterocycles. The predicted octanol–water partition coefficient (Wildman–Crippen LogP) is 4.16. The molecule has 0 spiro atoms. The van der Waals surface area contributed by atoms with Crippen LogP contribution in [-0.2, 0) is 4.79 Å². The van der Waals surface area contributed by atoms with Crippen LogP contribution in [0.1, 0.15) is 31.7 Å². The number of likely N-dealkylation sites (tertiary alicyclic amines) is 1. The zero-order chi connectivity index (χ0) is 17.6. The van der Waals surface area contributed by atoms with Crippen LogP contribution in [0.2, 0.25) is 0 Å². The van der Waals surface area contributed by atoms with Crippen LogP contribution < -0.4 is 4.74 Å². The zero-order valence-electron chi connectivity index (χ0n) is 14.5. The Morgan fingerprint density at radius 3 is 2.72 bits per heavy atom. The second-order valence-corrected chi connectivity index (χ2v) is 6.22. The molecule has 0 saturated carbocycles. The topological polar surface area (TPSA) is 53.3 Å². The number of amides is 1. The van der Waals surface area contributed by atoms with Crippen molar-refractivity contribution in [3.8, 4) is 11.8 Å². The number of hydrogen-bond donors (Lipinski definition) is 0. The minimum absolute atomic E-state index is 0.166. The van der Waals surface area contributed by atoms with E-state index in [9.17, 15) is 10.1 Å². The van der Waals surface area contributed by atoms with Crippen LogP contribution in [0.25, 0.3) is 16.8 Å². The van der Waals surface area contributed by atoms with E-state index >= 15 is 0 Å². The molecule has 3 rings (SSSR count). The fraction of sp³-hybridized carbons (Fsp3) is 0.333. The lowest BCUT2D eigenvalue weighted by molar-refractivity contribution is -0.125. The van der Waals surface area contributed by atoms with Gasteiger partial charge >= 0.3 is 0 Å². The average molecular weight is 334 g/mol. The second kappa shape index (κ2) is 7.85. The largest absolute Gasteiger partial charge is 0.493 e. The van der Waals surface area contributed by atoms with Crippen molar-refractivity contribution in [2.24, 2.45) is 0 Å². The lowest BCUT2D eigenvalue weighted by atomic mass is 10.0.